The SMILES string of the molecule is Cc1cc(N)nc(-c2c(Cl)cc3c(N4CCN(C(=O)CCCF)C[C@@H]4C)nc(OC[C@@H]4CCCN4C)nc3c2F)c1C(F)(F)F. The Morgan fingerprint density at radius 3 is 2.58 bits per heavy atom. The number of piperazine rings is 1. The number of nitrogen functional groups attached to an aromatic ring is 1. The predicted octanol–water partition coefficient (Wildman–Crippen LogP) is 5.65. The number of halogens is 6. The lowest BCUT2D eigenvalue weighted by atomic mass is 9.98. The van der Waals surface area contributed by atoms with Gasteiger partial charge in [0.1, 0.15) is 23.8 Å². The number of hydrogen-bond acceptors (Lipinski definition) is 8. The van der Waals surface area contributed by atoms with Gasteiger partial charge in [-0.05, 0) is 64.4 Å². The summed E-state index contributed by atoms with van der Waals surface area (Å²) in [4.78, 5) is 31.1. The third kappa shape index (κ3) is 6.71. The molecule has 0 radical (unpaired) electrons. The highest BCUT2D eigenvalue weighted by Crippen LogP contribution is 2.44. The second-order valence-corrected chi connectivity index (χ2v) is 12.0. The van der Waals surface area contributed by atoms with Crippen molar-refractivity contribution in [2.24, 2.45) is 0 Å². The van der Waals surface area contributed by atoms with Gasteiger partial charge in [-0.3, -0.25) is 9.18 Å². The van der Waals surface area contributed by atoms with Crippen molar-refractivity contribution >= 4 is 40.0 Å². The van der Waals surface area contributed by atoms with Gasteiger partial charge in [-0.25, -0.2) is 9.37 Å². The molecule has 0 aliphatic carbocycles. The minimum atomic E-state index is -4.88. The number of aryl methyl sites for hydroxylation is 1. The number of benzene rings is 1. The van der Waals surface area contributed by atoms with Crippen LogP contribution in [-0.2, 0) is 11.0 Å². The Bertz CT molecular complexity index is 1590. The van der Waals surface area contributed by atoms with Crippen LogP contribution in [0.1, 0.15) is 43.7 Å². The first-order valence-corrected chi connectivity index (χ1v) is 15.2. The molecule has 0 bridgehead atoms. The molecule has 3 aromatic rings. The quantitative estimate of drug-likeness (QED) is 0.311. The van der Waals surface area contributed by atoms with E-state index in [9.17, 15) is 22.4 Å². The third-order valence-corrected chi connectivity index (χ3v) is 8.75. The zero-order valence-corrected chi connectivity index (χ0v) is 26.0. The first kappa shape index (κ1) is 32.9. The van der Waals surface area contributed by atoms with Crippen LogP contribution in [0.2, 0.25) is 5.02 Å². The van der Waals surface area contributed by atoms with Crippen LogP contribution < -0.4 is 15.4 Å². The van der Waals surface area contributed by atoms with Crippen molar-refractivity contribution in [1.82, 2.24) is 24.8 Å². The average Bonchev–Trinajstić information content (AvgIpc) is 3.38. The lowest BCUT2D eigenvalue weighted by molar-refractivity contribution is -0.137. The largest absolute Gasteiger partial charge is 0.462 e. The molecule has 15 heteroatoms. The number of anilines is 2. The fourth-order valence-corrected chi connectivity index (χ4v) is 6.41. The molecular weight excluding hydrogens is 621 g/mol. The van der Waals surface area contributed by atoms with Gasteiger partial charge in [0.05, 0.1) is 28.5 Å². The summed E-state index contributed by atoms with van der Waals surface area (Å²) in [5, 5.41) is -0.174. The fourth-order valence-electron chi connectivity index (χ4n) is 6.13. The molecule has 9 nitrogen and oxygen atoms in total. The number of likely N-dealkylation sites (N-methyl/N-ethyl adjacent to an activating group) is 1. The molecule has 244 valence electrons. The van der Waals surface area contributed by atoms with Crippen molar-refractivity contribution in [2.75, 3.05) is 57.1 Å². The number of carbonyl (C=O) groups is 1. The lowest BCUT2D eigenvalue weighted by Gasteiger charge is -2.41. The Labute approximate surface area is 262 Å². The predicted molar refractivity (Wildman–Crippen MR) is 162 cm³/mol. The molecule has 1 amide bonds. The van der Waals surface area contributed by atoms with Crippen molar-refractivity contribution in [2.45, 2.75) is 57.8 Å². The van der Waals surface area contributed by atoms with E-state index in [0.717, 1.165) is 25.5 Å². The third-order valence-electron chi connectivity index (χ3n) is 8.45. The molecule has 5 rings (SSSR count). The van der Waals surface area contributed by atoms with Crippen molar-refractivity contribution in [3.8, 4) is 17.3 Å². The summed E-state index contributed by atoms with van der Waals surface area (Å²) in [6, 6.07) is 2.02. The number of ether oxygens (including phenoxy) is 1. The van der Waals surface area contributed by atoms with Gasteiger partial charge in [-0.1, -0.05) is 11.6 Å². The van der Waals surface area contributed by atoms with Crippen LogP contribution in [0, 0.1) is 12.7 Å². The first-order chi connectivity index (χ1) is 21.3. The van der Waals surface area contributed by atoms with Crippen molar-refractivity contribution < 1.29 is 31.5 Å². The Kier molecular flexibility index (Phi) is 9.54. The number of amides is 1. The van der Waals surface area contributed by atoms with E-state index >= 15 is 4.39 Å². The van der Waals surface area contributed by atoms with Crippen molar-refractivity contribution in [3.05, 3.63) is 34.1 Å². The summed E-state index contributed by atoms with van der Waals surface area (Å²) in [5.41, 5.74) is 2.79. The first-order valence-electron chi connectivity index (χ1n) is 14.8. The van der Waals surface area contributed by atoms with E-state index in [4.69, 9.17) is 22.1 Å². The number of hydrogen-bond donors (Lipinski definition) is 1. The van der Waals surface area contributed by atoms with Crippen LogP contribution in [0.3, 0.4) is 0 Å². The molecular formula is C30H35ClF5N7O2. The highest BCUT2D eigenvalue weighted by atomic mass is 35.5. The average molecular weight is 656 g/mol. The molecule has 0 saturated carbocycles. The van der Waals surface area contributed by atoms with E-state index < -0.39 is 35.5 Å². The Balaban J connectivity index is 1.63. The van der Waals surface area contributed by atoms with Crippen LogP contribution >= 0.6 is 11.6 Å². The fraction of sp³-hybridized carbons (Fsp3) is 0.533. The summed E-state index contributed by atoms with van der Waals surface area (Å²) in [6.07, 6.45) is -2.77. The standard InChI is InChI=1S/C30H35ClF5N7O2/c1-16-12-21(37)38-27(24(16)30(34,35)36)23-20(31)13-19-26(25(23)33)39-29(45-15-18-6-5-9-41(18)3)40-28(19)43-11-10-42(14-17(43)2)22(44)7-4-8-32/h12-13,17-18H,4-11,14-15H2,1-3H3,(H2,37,38)/t17-,18-/m0/s1. The monoisotopic (exact) mass is 655 g/mol. The van der Waals surface area contributed by atoms with Crippen LogP contribution in [-0.4, -0.2) is 89.3 Å². The highest BCUT2D eigenvalue weighted by Gasteiger charge is 2.39. The van der Waals surface area contributed by atoms with E-state index in [1.807, 2.05) is 18.9 Å². The number of nitrogens with zero attached hydrogens (tertiary/aromatic N) is 6. The molecule has 0 spiro atoms. The maximum absolute atomic E-state index is 16.6. The zero-order chi connectivity index (χ0) is 32.6. The lowest BCUT2D eigenvalue weighted by Crippen LogP contribution is -2.54. The smallest absolute Gasteiger partial charge is 0.418 e. The Morgan fingerprint density at radius 1 is 1.18 bits per heavy atom. The van der Waals surface area contributed by atoms with Crippen LogP contribution in [0.15, 0.2) is 12.1 Å². The number of alkyl halides is 4. The van der Waals surface area contributed by atoms with Gasteiger partial charge in [-0.2, -0.15) is 23.1 Å². The summed E-state index contributed by atoms with van der Waals surface area (Å²) in [5.74, 6) is -1.26. The van der Waals surface area contributed by atoms with Gasteiger partial charge in [-0.15, -0.1) is 0 Å². The molecule has 2 saturated heterocycles. The number of rotatable bonds is 8. The number of carbonyl (C=O) groups excluding carboxylic acids is 1. The number of aromatic nitrogens is 3. The van der Waals surface area contributed by atoms with Crippen LogP contribution in [0.5, 0.6) is 6.01 Å². The maximum Gasteiger partial charge on any atom is 0.418 e. The van der Waals surface area contributed by atoms with E-state index in [2.05, 4.69) is 19.9 Å². The second kappa shape index (κ2) is 13.1. The van der Waals surface area contributed by atoms with Crippen molar-refractivity contribution in [1.29, 1.82) is 0 Å². The minimum absolute atomic E-state index is 0.0880. The summed E-state index contributed by atoms with van der Waals surface area (Å²) in [7, 11) is 1.97. The van der Waals surface area contributed by atoms with Gasteiger partial charge in [0.25, 0.3) is 0 Å². The molecule has 2 atom stereocenters. The number of nitrogens with two attached hydrogens (primary N) is 1. The van der Waals surface area contributed by atoms with E-state index in [0.29, 0.717) is 19.6 Å². The highest BCUT2D eigenvalue weighted by molar-refractivity contribution is 6.34. The van der Waals surface area contributed by atoms with E-state index in [-0.39, 0.29) is 76.6 Å². The number of likely N-dealkylation sites (tertiary alicyclic amines) is 1. The molecule has 1 aromatic carbocycles. The molecule has 0 unspecified atom stereocenters. The van der Waals surface area contributed by atoms with Gasteiger partial charge in [0, 0.05) is 43.5 Å². The van der Waals surface area contributed by atoms with Gasteiger partial charge < -0.3 is 25.2 Å². The summed E-state index contributed by atoms with van der Waals surface area (Å²) >= 11 is 6.55. The minimum Gasteiger partial charge on any atom is -0.462 e. The molecule has 2 aliphatic rings. The van der Waals surface area contributed by atoms with Crippen molar-refractivity contribution in [3.63, 3.8) is 0 Å². The molecule has 45 heavy (non-hydrogen) atoms. The maximum atomic E-state index is 16.6. The van der Waals surface area contributed by atoms with Gasteiger partial charge in [0.15, 0.2) is 5.82 Å². The normalized spacial score (nSPS) is 19.5. The molecule has 2 aromatic heterocycles. The Morgan fingerprint density at radius 2 is 1.93 bits per heavy atom. The second-order valence-electron chi connectivity index (χ2n) is 11.6. The van der Waals surface area contributed by atoms with E-state index in [1.54, 1.807) is 4.90 Å². The molecule has 2 fully saturated rings. The van der Waals surface area contributed by atoms with Crippen LogP contribution in [0.25, 0.3) is 22.2 Å². The van der Waals surface area contributed by atoms with Gasteiger partial charge >= 0.3 is 12.2 Å². The summed E-state index contributed by atoms with van der Waals surface area (Å²) in [6.45, 7) is 4.52. The van der Waals surface area contributed by atoms with Gasteiger partial charge in [0.2, 0.25) is 5.91 Å². The number of fused-ring (bicyclic) bond motifs is 1. The number of pyridine rings is 1. The molecule has 2 N–H and O–H groups in total. The Hall–Kier alpha value is -3.52. The van der Waals surface area contributed by atoms with E-state index in [1.165, 1.54) is 13.0 Å². The summed E-state index contributed by atoms with van der Waals surface area (Å²) < 4.78 is 77.8. The van der Waals surface area contributed by atoms with Crippen LogP contribution in [0.4, 0.5) is 33.6 Å². The zero-order valence-electron chi connectivity index (χ0n) is 25.2. The topological polar surface area (TPSA) is 101 Å². The molecule has 2 aliphatic heterocycles. The molecule has 4 heterocycles.